The molecule has 1 amide bonds. The van der Waals surface area contributed by atoms with Gasteiger partial charge in [-0.15, -0.1) is 11.3 Å². The summed E-state index contributed by atoms with van der Waals surface area (Å²) in [6, 6.07) is 11.9. The standard InChI is InChI=1S/C22H27N3O3S2/c1-15(2)9-10-23-19(26)14-29-22-24-20-17(21(27)25(22)11-12-28-3)13-18(30-20)16-7-5-4-6-8-16/h4-8,13,15H,9-12,14H2,1-3H3,(H,23,26). The van der Waals surface area contributed by atoms with E-state index in [1.807, 2.05) is 36.4 Å². The van der Waals surface area contributed by atoms with Gasteiger partial charge in [-0.05, 0) is 24.0 Å². The van der Waals surface area contributed by atoms with Gasteiger partial charge in [-0.2, -0.15) is 0 Å². The Kier molecular flexibility index (Phi) is 8.07. The van der Waals surface area contributed by atoms with Gasteiger partial charge in [-0.3, -0.25) is 14.2 Å². The minimum Gasteiger partial charge on any atom is -0.383 e. The first-order valence-electron chi connectivity index (χ1n) is 9.97. The van der Waals surface area contributed by atoms with Gasteiger partial charge in [0.1, 0.15) is 4.83 Å². The van der Waals surface area contributed by atoms with E-state index in [9.17, 15) is 9.59 Å². The molecule has 2 heterocycles. The summed E-state index contributed by atoms with van der Waals surface area (Å²) in [5.41, 5.74) is 0.959. The zero-order chi connectivity index (χ0) is 21.5. The Morgan fingerprint density at radius 1 is 1.30 bits per heavy atom. The molecular formula is C22H27N3O3S2. The van der Waals surface area contributed by atoms with E-state index in [-0.39, 0.29) is 17.2 Å². The van der Waals surface area contributed by atoms with Crippen molar-refractivity contribution in [1.82, 2.24) is 14.9 Å². The third-order valence-electron chi connectivity index (χ3n) is 4.57. The van der Waals surface area contributed by atoms with Crippen molar-refractivity contribution in [2.24, 2.45) is 5.92 Å². The number of hydrogen-bond acceptors (Lipinski definition) is 6. The van der Waals surface area contributed by atoms with Crippen molar-refractivity contribution in [3.63, 3.8) is 0 Å². The number of carbonyl (C=O) groups is 1. The molecule has 8 heteroatoms. The molecule has 2 aromatic heterocycles. The van der Waals surface area contributed by atoms with Gasteiger partial charge in [0.25, 0.3) is 5.56 Å². The van der Waals surface area contributed by atoms with Crippen LogP contribution in [0.1, 0.15) is 20.3 Å². The van der Waals surface area contributed by atoms with E-state index in [1.165, 1.54) is 23.1 Å². The van der Waals surface area contributed by atoms with E-state index in [0.29, 0.717) is 41.0 Å². The number of aromatic nitrogens is 2. The molecule has 0 radical (unpaired) electrons. The number of methoxy groups -OCH3 is 1. The van der Waals surface area contributed by atoms with Crippen LogP contribution in [0.15, 0.2) is 46.3 Å². The van der Waals surface area contributed by atoms with Gasteiger partial charge in [-0.1, -0.05) is 55.9 Å². The molecule has 0 aliphatic rings. The number of fused-ring (bicyclic) bond motifs is 1. The lowest BCUT2D eigenvalue weighted by atomic mass is 10.1. The van der Waals surface area contributed by atoms with E-state index >= 15 is 0 Å². The quantitative estimate of drug-likeness (QED) is 0.377. The Balaban J connectivity index is 1.86. The monoisotopic (exact) mass is 445 g/mol. The normalized spacial score (nSPS) is 11.3. The van der Waals surface area contributed by atoms with Crippen LogP contribution in [-0.2, 0) is 16.1 Å². The number of hydrogen-bond donors (Lipinski definition) is 1. The fraction of sp³-hybridized carbons (Fsp3) is 0.409. The van der Waals surface area contributed by atoms with Gasteiger partial charge in [0.15, 0.2) is 5.16 Å². The molecule has 0 aliphatic carbocycles. The highest BCUT2D eigenvalue weighted by molar-refractivity contribution is 7.99. The van der Waals surface area contributed by atoms with E-state index < -0.39 is 0 Å². The molecule has 160 valence electrons. The second-order valence-corrected chi connectivity index (χ2v) is 9.33. The summed E-state index contributed by atoms with van der Waals surface area (Å²) in [5.74, 6) is 0.711. The number of nitrogens with one attached hydrogen (secondary N) is 1. The average molecular weight is 446 g/mol. The minimum absolute atomic E-state index is 0.0514. The van der Waals surface area contributed by atoms with Crippen LogP contribution >= 0.6 is 23.1 Å². The van der Waals surface area contributed by atoms with E-state index in [0.717, 1.165) is 16.9 Å². The predicted molar refractivity (Wildman–Crippen MR) is 124 cm³/mol. The average Bonchev–Trinajstić information content (AvgIpc) is 3.16. The lowest BCUT2D eigenvalue weighted by Crippen LogP contribution is -2.28. The number of amides is 1. The summed E-state index contributed by atoms with van der Waals surface area (Å²) < 4.78 is 6.78. The molecule has 0 atom stereocenters. The highest BCUT2D eigenvalue weighted by Gasteiger charge is 2.16. The zero-order valence-electron chi connectivity index (χ0n) is 17.5. The highest BCUT2D eigenvalue weighted by atomic mass is 32.2. The molecule has 6 nitrogen and oxygen atoms in total. The van der Waals surface area contributed by atoms with Crippen LogP contribution in [-0.4, -0.2) is 41.5 Å². The number of ether oxygens (including phenoxy) is 1. The van der Waals surface area contributed by atoms with Crippen LogP contribution < -0.4 is 10.9 Å². The molecule has 0 bridgehead atoms. The Morgan fingerprint density at radius 3 is 2.77 bits per heavy atom. The molecule has 1 aromatic carbocycles. The molecule has 0 saturated heterocycles. The zero-order valence-corrected chi connectivity index (χ0v) is 19.1. The Hall–Kier alpha value is -2.16. The highest BCUT2D eigenvalue weighted by Crippen LogP contribution is 2.32. The molecular weight excluding hydrogens is 418 g/mol. The van der Waals surface area contributed by atoms with Crippen LogP contribution in [0.25, 0.3) is 20.7 Å². The summed E-state index contributed by atoms with van der Waals surface area (Å²) in [6.07, 6.45) is 0.941. The van der Waals surface area contributed by atoms with Gasteiger partial charge in [-0.25, -0.2) is 4.98 Å². The maximum atomic E-state index is 13.2. The second-order valence-electron chi connectivity index (χ2n) is 7.36. The number of thioether (sulfide) groups is 1. The lowest BCUT2D eigenvalue weighted by Gasteiger charge is -2.11. The first kappa shape index (κ1) is 22.5. The molecule has 1 N–H and O–H groups in total. The van der Waals surface area contributed by atoms with Crippen molar-refractivity contribution in [1.29, 1.82) is 0 Å². The number of benzene rings is 1. The molecule has 0 aliphatic heterocycles. The summed E-state index contributed by atoms with van der Waals surface area (Å²) >= 11 is 2.78. The number of thiophene rings is 1. The third kappa shape index (κ3) is 5.71. The van der Waals surface area contributed by atoms with Crippen LogP contribution in [0.4, 0.5) is 0 Å². The Labute approximate surface area is 184 Å². The first-order chi connectivity index (χ1) is 14.5. The maximum Gasteiger partial charge on any atom is 0.263 e. The van der Waals surface area contributed by atoms with Crippen molar-refractivity contribution >= 4 is 39.2 Å². The van der Waals surface area contributed by atoms with Crippen molar-refractivity contribution in [3.8, 4) is 10.4 Å². The largest absolute Gasteiger partial charge is 0.383 e. The van der Waals surface area contributed by atoms with E-state index in [4.69, 9.17) is 9.72 Å². The SMILES string of the molecule is COCCn1c(SCC(=O)NCCC(C)C)nc2sc(-c3ccccc3)cc2c1=O. The number of carbonyl (C=O) groups excluding carboxylic acids is 1. The van der Waals surface area contributed by atoms with Crippen LogP contribution in [0.5, 0.6) is 0 Å². The van der Waals surface area contributed by atoms with Crippen molar-refractivity contribution in [2.45, 2.75) is 32.0 Å². The second kappa shape index (κ2) is 10.7. The molecule has 3 aromatic rings. The third-order valence-corrected chi connectivity index (χ3v) is 6.62. The summed E-state index contributed by atoms with van der Waals surface area (Å²) in [6.45, 7) is 5.70. The molecule has 0 spiro atoms. The lowest BCUT2D eigenvalue weighted by molar-refractivity contribution is -0.118. The van der Waals surface area contributed by atoms with Crippen molar-refractivity contribution < 1.29 is 9.53 Å². The number of rotatable bonds is 10. The molecule has 0 unspecified atom stereocenters. The number of nitrogens with zero attached hydrogens (tertiary/aromatic N) is 2. The van der Waals surface area contributed by atoms with Gasteiger partial charge < -0.3 is 10.1 Å². The van der Waals surface area contributed by atoms with Gasteiger partial charge in [0.05, 0.1) is 24.3 Å². The maximum absolute atomic E-state index is 13.2. The van der Waals surface area contributed by atoms with Crippen LogP contribution in [0.3, 0.4) is 0 Å². The summed E-state index contributed by atoms with van der Waals surface area (Å²) in [5, 5.41) is 4.07. The van der Waals surface area contributed by atoms with Crippen LogP contribution in [0.2, 0.25) is 0 Å². The minimum atomic E-state index is -0.0989. The van der Waals surface area contributed by atoms with Crippen molar-refractivity contribution in [3.05, 3.63) is 46.8 Å². The molecule has 0 fully saturated rings. The molecule has 0 saturated carbocycles. The van der Waals surface area contributed by atoms with Gasteiger partial charge >= 0.3 is 0 Å². The van der Waals surface area contributed by atoms with Gasteiger partial charge in [0, 0.05) is 18.5 Å². The first-order valence-corrected chi connectivity index (χ1v) is 11.8. The van der Waals surface area contributed by atoms with E-state index in [1.54, 1.807) is 11.7 Å². The fourth-order valence-corrected chi connectivity index (χ4v) is 4.85. The summed E-state index contributed by atoms with van der Waals surface area (Å²) in [4.78, 5) is 31.8. The van der Waals surface area contributed by atoms with Crippen LogP contribution in [0, 0.1) is 5.92 Å². The molecule has 30 heavy (non-hydrogen) atoms. The Bertz CT molecular complexity index is 1040. The Morgan fingerprint density at radius 2 is 2.07 bits per heavy atom. The predicted octanol–water partition coefficient (Wildman–Crippen LogP) is 4.03. The van der Waals surface area contributed by atoms with Gasteiger partial charge in [0.2, 0.25) is 5.91 Å². The summed E-state index contributed by atoms with van der Waals surface area (Å²) in [7, 11) is 1.60. The smallest absolute Gasteiger partial charge is 0.263 e. The van der Waals surface area contributed by atoms with Crippen molar-refractivity contribution in [2.75, 3.05) is 26.0 Å². The fourth-order valence-electron chi connectivity index (χ4n) is 2.91. The molecule has 3 rings (SSSR count). The van der Waals surface area contributed by atoms with E-state index in [2.05, 4.69) is 19.2 Å². The topological polar surface area (TPSA) is 73.2 Å².